The Hall–Kier alpha value is -1.68. The maximum absolute atomic E-state index is 6.29. The first-order chi connectivity index (χ1) is 10.2. The van der Waals surface area contributed by atoms with E-state index in [-0.39, 0.29) is 6.04 Å². The number of hydrogen-bond donors (Lipinski definition) is 0. The van der Waals surface area contributed by atoms with Crippen molar-refractivity contribution in [1.29, 1.82) is 0 Å². The van der Waals surface area contributed by atoms with E-state index in [9.17, 15) is 0 Å². The van der Waals surface area contributed by atoms with Crippen LogP contribution in [-0.2, 0) is 0 Å². The molecule has 0 saturated heterocycles. The summed E-state index contributed by atoms with van der Waals surface area (Å²) in [5, 5.41) is 0.829. The summed E-state index contributed by atoms with van der Waals surface area (Å²) in [4.78, 5) is 15.9. The van der Waals surface area contributed by atoms with Crippen molar-refractivity contribution in [1.82, 2.24) is 14.9 Å². The molecular formula is C16H17ClN4. The number of amidine groups is 1. The molecule has 4 rings (SSSR count). The third-order valence-corrected chi connectivity index (χ3v) is 4.50. The molecule has 1 atom stereocenters. The standard InChI is InChI=1S/C16H17ClN4/c1-10-15(8-18-9-19-10)16-20-12-3-2-11(17)6-14(7-12)21(16)13-4-5-13/h2,6,8-9,12-13H,3-5,7H2,1H3. The van der Waals surface area contributed by atoms with Crippen LogP contribution in [0.15, 0.2) is 40.4 Å². The molecule has 4 nitrogen and oxygen atoms in total. The molecule has 1 aliphatic heterocycles. The van der Waals surface area contributed by atoms with Crippen LogP contribution in [0.4, 0.5) is 0 Å². The van der Waals surface area contributed by atoms with Crippen molar-refractivity contribution < 1.29 is 0 Å². The Bertz CT molecular complexity index is 673. The van der Waals surface area contributed by atoms with Crippen LogP contribution in [0.5, 0.6) is 0 Å². The molecule has 3 aliphatic rings. The molecule has 2 heterocycles. The Kier molecular flexibility index (Phi) is 3.07. The van der Waals surface area contributed by atoms with Crippen LogP contribution in [0.25, 0.3) is 0 Å². The average molecular weight is 301 g/mol. The van der Waals surface area contributed by atoms with Crippen molar-refractivity contribution in [2.24, 2.45) is 4.99 Å². The predicted octanol–water partition coefficient (Wildman–Crippen LogP) is 3.18. The number of aryl methyl sites for hydroxylation is 1. The number of hydrogen-bond acceptors (Lipinski definition) is 4. The normalized spacial score (nSPS) is 25.0. The molecule has 1 aromatic rings. The quantitative estimate of drug-likeness (QED) is 0.842. The van der Waals surface area contributed by atoms with Crippen LogP contribution < -0.4 is 0 Å². The number of fused-ring (bicyclic) bond motifs is 2. The minimum atomic E-state index is 0.275. The van der Waals surface area contributed by atoms with Crippen LogP contribution in [0, 0.1) is 6.92 Å². The van der Waals surface area contributed by atoms with Crippen LogP contribution >= 0.6 is 11.6 Å². The van der Waals surface area contributed by atoms with Crippen LogP contribution in [-0.4, -0.2) is 32.8 Å². The van der Waals surface area contributed by atoms with E-state index >= 15 is 0 Å². The maximum Gasteiger partial charge on any atom is 0.139 e. The first-order valence-corrected chi connectivity index (χ1v) is 7.80. The Labute approximate surface area is 129 Å². The van der Waals surface area contributed by atoms with Crippen LogP contribution in [0.3, 0.4) is 0 Å². The first-order valence-electron chi connectivity index (χ1n) is 7.42. The predicted molar refractivity (Wildman–Crippen MR) is 83.2 cm³/mol. The fraction of sp³-hybridized carbons (Fsp3) is 0.438. The summed E-state index contributed by atoms with van der Waals surface area (Å²) in [5.41, 5.74) is 3.31. The number of rotatable bonds is 2. The van der Waals surface area contributed by atoms with Crippen molar-refractivity contribution in [2.75, 3.05) is 0 Å². The number of halogens is 1. The number of allylic oxidation sites excluding steroid dienone is 2. The van der Waals surface area contributed by atoms with E-state index in [0.717, 1.165) is 35.0 Å². The van der Waals surface area contributed by atoms with Gasteiger partial charge in [-0.25, -0.2) is 9.97 Å². The second kappa shape index (κ2) is 4.95. The van der Waals surface area contributed by atoms with E-state index in [4.69, 9.17) is 16.6 Å². The summed E-state index contributed by atoms with van der Waals surface area (Å²) >= 11 is 6.29. The summed E-state index contributed by atoms with van der Waals surface area (Å²) in [6.07, 6.45) is 12.0. The van der Waals surface area contributed by atoms with Gasteiger partial charge in [-0.3, -0.25) is 4.99 Å². The van der Waals surface area contributed by atoms with E-state index < -0.39 is 0 Å². The highest BCUT2D eigenvalue weighted by atomic mass is 35.5. The molecule has 0 N–H and O–H groups in total. The van der Waals surface area contributed by atoms with Gasteiger partial charge in [0.1, 0.15) is 12.2 Å². The lowest BCUT2D eigenvalue weighted by molar-refractivity contribution is 0.432. The summed E-state index contributed by atoms with van der Waals surface area (Å²) in [6, 6.07) is 0.829. The third kappa shape index (κ3) is 2.38. The molecule has 108 valence electrons. The third-order valence-electron chi connectivity index (χ3n) is 4.24. The smallest absolute Gasteiger partial charge is 0.139 e. The second-order valence-electron chi connectivity index (χ2n) is 5.89. The van der Waals surface area contributed by atoms with Gasteiger partial charge in [-0.2, -0.15) is 0 Å². The molecule has 2 bridgehead atoms. The van der Waals surface area contributed by atoms with Gasteiger partial charge >= 0.3 is 0 Å². The molecule has 2 aliphatic carbocycles. The van der Waals surface area contributed by atoms with Gasteiger partial charge in [-0.15, -0.1) is 0 Å². The molecule has 0 spiro atoms. The van der Waals surface area contributed by atoms with Crippen molar-refractivity contribution in [3.05, 3.63) is 46.7 Å². The zero-order chi connectivity index (χ0) is 14.4. The highest BCUT2D eigenvalue weighted by molar-refractivity contribution is 6.31. The Morgan fingerprint density at radius 3 is 2.95 bits per heavy atom. The monoisotopic (exact) mass is 300 g/mol. The Morgan fingerprint density at radius 2 is 2.19 bits per heavy atom. The molecule has 5 heteroatoms. The zero-order valence-corrected chi connectivity index (χ0v) is 12.7. The molecule has 0 aromatic carbocycles. The molecular weight excluding hydrogens is 284 g/mol. The lowest BCUT2D eigenvalue weighted by Gasteiger charge is -2.35. The van der Waals surface area contributed by atoms with Crippen molar-refractivity contribution >= 4 is 17.4 Å². The lowest BCUT2D eigenvalue weighted by Crippen LogP contribution is -2.39. The fourth-order valence-corrected chi connectivity index (χ4v) is 3.25. The van der Waals surface area contributed by atoms with Crippen molar-refractivity contribution in [3.8, 4) is 0 Å². The number of nitrogens with zero attached hydrogens (tertiary/aromatic N) is 4. The molecule has 1 saturated carbocycles. The minimum Gasteiger partial charge on any atom is -0.327 e. The van der Waals surface area contributed by atoms with Gasteiger partial charge in [0.05, 0.1) is 17.3 Å². The van der Waals surface area contributed by atoms with Gasteiger partial charge in [0.25, 0.3) is 0 Å². The van der Waals surface area contributed by atoms with Gasteiger partial charge in [-0.05, 0) is 32.3 Å². The summed E-state index contributed by atoms with van der Waals surface area (Å²) in [7, 11) is 0. The first kappa shape index (κ1) is 13.0. The maximum atomic E-state index is 6.29. The van der Waals surface area contributed by atoms with Crippen LogP contribution in [0.2, 0.25) is 0 Å². The zero-order valence-electron chi connectivity index (χ0n) is 12.0. The molecule has 21 heavy (non-hydrogen) atoms. The highest BCUT2D eigenvalue weighted by Crippen LogP contribution is 2.38. The van der Waals surface area contributed by atoms with Crippen molar-refractivity contribution in [2.45, 2.75) is 44.7 Å². The van der Waals surface area contributed by atoms with E-state index in [1.165, 1.54) is 18.5 Å². The number of aromatic nitrogens is 2. The van der Waals surface area contributed by atoms with E-state index in [1.54, 1.807) is 6.33 Å². The summed E-state index contributed by atoms with van der Waals surface area (Å²) in [5.74, 6) is 1.03. The summed E-state index contributed by atoms with van der Waals surface area (Å²) in [6.45, 7) is 2.02. The second-order valence-corrected chi connectivity index (χ2v) is 6.33. The molecule has 1 unspecified atom stereocenters. The molecule has 0 amide bonds. The SMILES string of the molecule is Cc1ncncc1C1=NC2CC=C(Cl)C=C(C2)N1C1CC1. The van der Waals surface area contributed by atoms with Gasteiger partial charge in [-0.1, -0.05) is 17.7 Å². The van der Waals surface area contributed by atoms with E-state index in [0.29, 0.717) is 6.04 Å². The van der Waals surface area contributed by atoms with Crippen molar-refractivity contribution in [3.63, 3.8) is 0 Å². The average Bonchev–Trinajstić information content (AvgIpc) is 3.30. The number of aliphatic imine (C=N–C) groups is 1. The lowest BCUT2D eigenvalue weighted by atomic mass is 10.0. The Balaban J connectivity index is 1.84. The van der Waals surface area contributed by atoms with Gasteiger partial charge in [0, 0.05) is 29.4 Å². The largest absolute Gasteiger partial charge is 0.327 e. The highest BCUT2D eigenvalue weighted by Gasteiger charge is 2.38. The van der Waals surface area contributed by atoms with Gasteiger partial charge in [0.2, 0.25) is 0 Å². The molecule has 0 radical (unpaired) electrons. The molecule has 1 aromatic heterocycles. The fourth-order valence-electron chi connectivity index (χ4n) is 3.04. The van der Waals surface area contributed by atoms with Gasteiger partial charge < -0.3 is 4.90 Å². The van der Waals surface area contributed by atoms with E-state index in [1.807, 2.05) is 13.1 Å². The van der Waals surface area contributed by atoms with E-state index in [2.05, 4.69) is 27.0 Å². The topological polar surface area (TPSA) is 41.4 Å². The molecule has 1 fully saturated rings. The van der Waals surface area contributed by atoms with Crippen LogP contribution in [0.1, 0.15) is 36.9 Å². The van der Waals surface area contributed by atoms with Gasteiger partial charge in [0.15, 0.2) is 0 Å². The summed E-state index contributed by atoms with van der Waals surface area (Å²) < 4.78 is 0. The minimum absolute atomic E-state index is 0.275. The Morgan fingerprint density at radius 1 is 1.33 bits per heavy atom.